The minimum absolute atomic E-state index is 0. The summed E-state index contributed by atoms with van der Waals surface area (Å²) >= 11 is 0. The lowest BCUT2D eigenvalue weighted by Crippen LogP contribution is -1.86. The first kappa shape index (κ1) is 13.5. The minimum Gasteiger partial charge on any atom is -0.269 e. The van der Waals surface area contributed by atoms with Crippen LogP contribution in [0.15, 0.2) is 0 Å². The van der Waals surface area contributed by atoms with Gasteiger partial charge in [0, 0.05) is 0 Å². The molecular formula is C10H23F. The van der Waals surface area contributed by atoms with Crippen LogP contribution in [0.5, 0.6) is 0 Å². The van der Waals surface area contributed by atoms with E-state index in [4.69, 9.17) is 0 Å². The molecule has 70 valence electrons. The van der Waals surface area contributed by atoms with Crippen molar-refractivity contribution < 1.29 is 4.70 Å². The van der Waals surface area contributed by atoms with E-state index in [1.165, 1.54) is 38.5 Å². The molecule has 0 atom stereocenters. The van der Waals surface area contributed by atoms with E-state index in [2.05, 4.69) is 20.8 Å². The third-order valence-electron chi connectivity index (χ3n) is 1.89. The fourth-order valence-corrected chi connectivity index (χ4v) is 1.16. The topological polar surface area (TPSA) is 0 Å². The van der Waals surface area contributed by atoms with Crippen molar-refractivity contribution >= 4 is 0 Å². The summed E-state index contributed by atoms with van der Waals surface area (Å²) in [6.07, 6.45) is 8.55. The number of hydrogen-bond donors (Lipinski definition) is 0. The minimum atomic E-state index is 0. The highest BCUT2D eigenvalue weighted by Crippen LogP contribution is 2.09. The highest BCUT2D eigenvalue weighted by molar-refractivity contribution is 4.46. The molecule has 0 spiro atoms. The van der Waals surface area contributed by atoms with E-state index in [-0.39, 0.29) is 4.70 Å². The smallest absolute Gasteiger partial charge is 0.0471 e. The molecule has 0 aliphatic carbocycles. The van der Waals surface area contributed by atoms with Crippen molar-refractivity contribution in [1.82, 2.24) is 0 Å². The summed E-state index contributed by atoms with van der Waals surface area (Å²) in [5, 5.41) is 0. The van der Waals surface area contributed by atoms with E-state index in [1.54, 1.807) is 0 Å². The summed E-state index contributed by atoms with van der Waals surface area (Å²) in [7, 11) is 0. The molecule has 0 radical (unpaired) electrons. The van der Waals surface area contributed by atoms with Crippen molar-refractivity contribution in [3.8, 4) is 0 Å². The standard InChI is InChI=1S/C10H22.FH/c1-4-5-6-7-8-9-10(2)3;/h10H,4-9H2,1-3H3;1H. The lowest BCUT2D eigenvalue weighted by molar-refractivity contribution is 0.518. The Bertz CT molecular complexity index is 59.9. The zero-order valence-electron chi connectivity index (χ0n) is 8.23. The van der Waals surface area contributed by atoms with Crippen LogP contribution in [-0.2, 0) is 0 Å². The van der Waals surface area contributed by atoms with Crippen molar-refractivity contribution in [1.29, 1.82) is 0 Å². The largest absolute Gasteiger partial charge is 0.269 e. The van der Waals surface area contributed by atoms with Gasteiger partial charge in [-0.15, -0.1) is 0 Å². The van der Waals surface area contributed by atoms with Crippen LogP contribution in [0.2, 0.25) is 0 Å². The maximum absolute atomic E-state index is 2.31. The molecule has 0 aromatic carbocycles. The Morgan fingerprint density at radius 1 is 0.909 bits per heavy atom. The molecule has 0 nitrogen and oxygen atoms in total. The van der Waals surface area contributed by atoms with E-state index in [0.717, 1.165) is 5.92 Å². The SMILES string of the molecule is CCCCCCCC(C)C.F. The molecule has 0 N–H and O–H groups in total. The third kappa shape index (κ3) is 13.0. The van der Waals surface area contributed by atoms with Gasteiger partial charge in [0.1, 0.15) is 0 Å². The Kier molecular flexibility index (Phi) is 12.2. The molecule has 0 aliphatic rings. The first-order valence-electron chi connectivity index (χ1n) is 4.77. The number of halogens is 1. The second kappa shape index (κ2) is 9.93. The molecule has 0 rings (SSSR count). The number of rotatable bonds is 6. The average Bonchev–Trinajstić information content (AvgIpc) is 1.87. The van der Waals surface area contributed by atoms with E-state index in [1.807, 2.05) is 0 Å². The van der Waals surface area contributed by atoms with Crippen molar-refractivity contribution in [2.45, 2.75) is 59.3 Å². The molecule has 0 amide bonds. The van der Waals surface area contributed by atoms with Crippen LogP contribution >= 0.6 is 0 Å². The lowest BCUT2D eigenvalue weighted by atomic mass is 10.0. The van der Waals surface area contributed by atoms with Crippen LogP contribution in [0.1, 0.15) is 59.3 Å². The van der Waals surface area contributed by atoms with Crippen molar-refractivity contribution in [2.75, 3.05) is 0 Å². The van der Waals surface area contributed by atoms with E-state index in [9.17, 15) is 0 Å². The quantitative estimate of drug-likeness (QED) is 0.514. The Hall–Kier alpha value is -0.0700. The van der Waals surface area contributed by atoms with Crippen LogP contribution in [0.25, 0.3) is 0 Å². The molecule has 0 aliphatic heterocycles. The van der Waals surface area contributed by atoms with Gasteiger partial charge in [-0.3, -0.25) is 4.70 Å². The van der Waals surface area contributed by atoms with Gasteiger partial charge in [-0.05, 0) is 5.92 Å². The second-order valence-corrected chi connectivity index (χ2v) is 3.60. The van der Waals surface area contributed by atoms with E-state index >= 15 is 0 Å². The van der Waals surface area contributed by atoms with Crippen molar-refractivity contribution in [3.63, 3.8) is 0 Å². The normalized spacial score (nSPS) is 9.82. The van der Waals surface area contributed by atoms with Gasteiger partial charge in [0.25, 0.3) is 0 Å². The molecule has 0 bridgehead atoms. The summed E-state index contributed by atoms with van der Waals surface area (Å²) in [5.41, 5.74) is 0. The fraction of sp³-hybridized carbons (Fsp3) is 1.00. The zero-order chi connectivity index (χ0) is 7.82. The van der Waals surface area contributed by atoms with Crippen LogP contribution in [0.3, 0.4) is 0 Å². The lowest BCUT2D eigenvalue weighted by Gasteiger charge is -2.02. The zero-order valence-corrected chi connectivity index (χ0v) is 8.23. The van der Waals surface area contributed by atoms with E-state index in [0.29, 0.717) is 0 Å². The van der Waals surface area contributed by atoms with E-state index < -0.39 is 0 Å². The molecule has 0 heterocycles. The predicted octanol–water partition coefficient (Wildman–Crippen LogP) is 4.16. The number of unbranched alkanes of at least 4 members (excludes halogenated alkanes) is 4. The summed E-state index contributed by atoms with van der Waals surface area (Å²) in [5.74, 6) is 0.904. The maximum atomic E-state index is 2.31. The van der Waals surface area contributed by atoms with Gasteiger partial charge in [-0.25, -0.2) is 0 Å². The predicted molar refractivity (Wildman–Crippen MR) is 50.7 cm³/mol. The first-order valence-corrected chi connectivity index (χ1v) is 4.77. The number of hydrogen-bond acceptors (Lipinski definition) is 0. The summed E-state index contributed by atoms with van der Waals surface area (Å²) in [4.78, 5) is 0. The Labute approximate surface area is 70.8 Å². The van der Waals surface area contributed by atoms with Crippen molar-refractivity contribution in [2.24, 2.45) is 5.92 Å². The van der Waals surface area contributed by atoms with Gasteiger partial charge in [0.05, 0.1) is 0 Å². The molecule has 0 aromatic heterocycles. The molecule has 1 heteroatoms. The molecule has 0 aromatic rings. The molecule has 11 heavy (non-hydrogen) atoms. The summed E-state index contributed by atoms with van der Waals surface area (Å²) < 4.78 is 0. The van der Waals surface area contributed by atoms with Gasteiger partial charge in [-0.2, -0.15) is 0 Å². The third-order valence-corrected chi connectivity index (χ3v) is 1.89. The van der Waals surface area contributed by atoms with Gasteiger partial charge >= 0.3 is 0 Å². The maximum Gasteiger partial charge on any atom is -0.0471 e. The van der Waals surface area contributed by atoms with Gasteiger partial charge in [0.2, 0.25) is 0 Å². The Morgan fingerprint density at radius 3 is 1.91 bits per heavy atom. The summed E-state index contributed by atoms with van der Waals surface area (Å²) in [6.45, 7) is 6.88. The Morgan fingerprint density at radius 2 is 1.45 bits per heavy atom. The second-order valence-electron chi connectivity index (χ2n) is 3.60. The molecule has 0 unspecified atom stereocenters. The molecular weight excluding hydrogens is 139 g/mol. The highest BCUT2D eigenvalue weighted by atomic mass is 19.0. The van der Waals surface area contributed by atoms with Crippen molar-refractivity contribution in [3.05, 3.63) is 0 Å². The first-order chi connectivity index (χ1) is 4.77. The van der Waals surface area contributed by atoms with Gasteiger partial charge in [-0.1, -0.05) is 59.3 Å². The fourth-order valence-electron chi connectivity index (χ4n) is 1.16. The average molecular weight is 162 g/mol. The van der Waals surface area contributed by atoms with Gasteiger partial charge in [0.15, 0.2) is 0 Å². The highest BCUT2D eigenvalue weighted by Gasteiger charge is 1.92. The molecule has 0 fully saturated rings. The van der Waals surface area contributed by atoms with Gasteiger partial charge < -0.3 is 0 Å². The molecule has 0 saturated carbocycles. The van der Waals surface area contributed by atoms with Crippen LogP contribution in [0.4, 0.5) is 4.70 Å². The van der Waals surface area contributed by atoms with Crippen LogP contribution < -0.4 is 0 Å². The van der Waals surface area contributed by atoms with Crippen LogP contribution in [0, 0.1) is 5.92 Å². The Balaban J connectivity index is 0. The molecule has 0 saturated heterocycles. The van der Waals surface area contributed by atoms with Crippen LogP contribution in [-0.4, -0.2) is 0 Å². The summed E-state index contributed by atoms with van der Waals surface area (Å²) in [6, 6.07) is 0. The monoisotopic (exact) mass is 162 g/mol.